The van der Waals surface area contributed by atoms with E-state index in [4.69, 9.17) is 9.47 Å². The number of benzene rings is 1. The first-order valence-electron chi connectivity index (χ1n) is 7.48. The normalized spacial score (nSPS) is 22.7. The standard InChI is InChI=1S/C18H26O3/c1-12-6-8-16(18(2,3)19)14(10-12)15-11-13(20-4)7-9-17(15)21-5/h7,9-11,14,16,19H,6,8H2,1-5H3/t14-,16-/m1/s1. The third-order valence-corrected chi connectivity index (χ3v) is 4.45. The van der Waals surface area contributed by atoms with E-state index in [-0.39, 0.29) is 11.8 Å². The molecule has 2 rings (SSSR count). The van der Waals surface area contributed by atoms with Gasteiger partial charge in [0, 0.05) is 11.5 Å². The van der Waals surface area contributed by atoms with Crippen molar-refractivity contribution < 1.29 is 14.6 Å². The second-order valence-corrected chi connectivity index (χ2v) is 6.45. The van der Waals surface area contributed by atoms with E-state index in [2.05, 4.69) is 13.0 Å². The molecule has 0 fully saturated rings. The van der Waals surface area contributed by atoms with Crippen LogP contribution in [0, 0.1) is 5.92 Å². The average molecular weight is 290 g/mol. The van der Waals surface area contributed by atoms with Gasteiger partial charge in [-0.1, -0.05) is 11.6 Å². The lowest BCUT2D eigenvalue weighted by Gasteiger charge is -2.38. The van der Waals surface area contributed by atoms with Crippen LogP contribution in [0.3, 0.4) is 0 Å². The van der Waals surface area contributed by atoms with Crippen molar-refractivity contribution in [3.05, 3.63) is 35.4 Å². The molecule has 0 saturated carbocycles. The zero-order valence-corrected chi connectivity index (χ0v) is 13.6. The molecular weight excluding hydrogens is 264 g/mol. The van der Waals surface area contributed by atoms with Crippen LogP contribution in [0.2, 0.25) is 0 Å². The molecule has 0 radical (unpaired) electrons. The van der Waals surface area contributed by atoms with E-state index >= 15 is 0 Å². The highest BCUT2D eigenvalue weighted by atomic mass is 16.5. The van der Waals surface area contributed by atoms with Gasteiger partial charge in [-0.25, -0.2) is 0 Å². The number of allylic oxidation sites excluding steroid dienone is 2. The Morgan fingerprint density at radius 2 is 1.90 bits per heavy atom. The van der Waals surface area contributed by atoms with Gasteiger partial charge in [-0.15, -0.1) is 0 Å². The minimum atomic E-state index is -0.726. The van der Waals surface area contributed by atoms with Crippen molar-refractivity contribution >= 4 is 0 Å². The first-order valence-corrected chi connectivity index (χ1v) is 7.48. The molecule has 21 heavy (non-hydrogen) atoms. The molecule has 116 valence electrons. The minimum absolute atomic E-state index is 0.142. The van der Waals surface area contributed by atoms with Crippen molar-refractivity contribution in [2.45, 2.75) is 45.1 Å². The van der Waals surface area contributed by atoms with Gasteiger partial charge in [-0.3, -0.25) is 0 Å². The molecule has 0 bridgehead atoms. The largest absolute Gasteiger partial charge is 0.497 e. The third-order valence-electron chi connectivity index (χ3n) is 4.45. The van der Waals surface area contributed by atoms with Crippen molar-refractivity contribution in [2.75, 3.05) is 14.2 Å². The molecule has 2 atom stereocenters. The van der Waals surface area contributed by atoms with Gasteiger partial charge < -0.3 is 14.6 Å². The summed E-state index contributed by atoms with van der Waals surface area (Å²) in [6.45, 7) is 5.94. The molecule has 0 unspecified atom stereocenters. The fourth-order valence-corrected chi connectivity index (χ4v) is 3.27. The van der Waals surface area contributed by atoms with Crippen LogP contribution in [-0.4, -0.2) is 24.9 Å². The molecule has 3 heteroatoms. The quantitative estimate of drug-likeness (QED) is 0.854. The Hall–Kier alpha value is -1.48. The predicted octanol–water partition coefficient (Wildman–Crippen LogP) is 3.91. The van der Waals surface area contributed by atoms with E-state index in [1.165, 1.54) is 5.57 Å². The van der Waals surface area contributed by atoms with Gasteiger partial charge in [-0.05, 0) is 57.7 Å². The van der Waals surface area contributed by atoms with Crippen LogP contribution in [0.25, 0.3) is 0 Å². The molecule has 0 amide bonds. The fraction of sp³-hybridized carbons (Fsp3) is 0.556. The molecule has 1 aliphatic carbocycles. The van der Waals surface area contributed by atoms with E-state index < -0.39 is 5.60 Å². The summed E-state index contributed by atoms with van der Waals surface area (Å²) in [6, 6.07) is 5.87. The molecule has 1 aromatic rings. The second-order valence-electron chi connectivity index (χ2n) is 6.45. The Balaban J connectivity index is 2.52. The van der Waals surface area contributed by atoms with E-state index in [9.17, 15) is 5.11 Å². The second kappa shape index (κ2) is 6.10. The molecule has 0 heterocycles. The first-order chi connectivity index (χ1) is 9.86. The van der Waals surface area contributed by atoms with Crippen LogP contribution in [0.15, 0.2) is 29.8 Å². The molecule has 1 aliphatic rings. The summed E-state index contributed by atoms with van der Waals surface area (Å²) < 4.78 is 10.9. The first kappa shape index (κ1) is 15.9. The van der Waals surface area contributed by atoms with Crippen LogP contribution in [0.5, 0.6) is 11.5 Å². The van der Waals surface area contributed by atoms with Crippen molar-refractivity contribution in [3.8, 4) is 11.5 Å². The molecule has 0 aromatic heterocycles. The van der Waals surface area contributed by atoms with E-state index in [1.807, 2.05) is 32.0 Å². The summed E-state index contributed by atoms with van der Waals surface area (Å²) in [5, 5.41) is 10.5. The summed E-state index contributed by atoms with van der Waals surface area (Å²) in [5.41, 5.74) is 1.73. The zero-order valence-electron chi connectivity index (χ0n) is 13.6. The molecule has 0 aliphatic heterocycles. The molecule has 1 aromatic carbocycles. The van der Waals surface area contributed by atoms with Gasteiger partial charge in [0.05, 0.1) is 19.8 Å². The summed E-state index contributed by atoms with van der Waals surface area (Å²) in [5.74, 6) is 1.98. The topological polar surface area (TPSA) is 38.7 Å². The number of ether oxygens (including phenoxy) is 2. The molecular formula is C18H26O3. The summed E-state index contributed by atoms with van der Waals surface area (Å²) in [7, 11) is 3.35. The number of aliphatic hydroxyl groups is 1. The molecule has 0 saturated heterocycles. The Kier molecular flexibility index (Phi) is 4.62. The van der Waals surface area contributed by atoms with Gasteiger partial charge in [0.25, 0.3) is 0 Å². The van der Waals surface area contributed by atoms with Crippen molar-refractivity contribution in [2.24, 2.45) is 5.92 Å². The number of hydrogen-bond donors (Lipinski definition) is 1. The average Bonchev–Trinajstić information content (AvgIpc) is 2.45. The molecule has 1 N–H and O–H groups in total. The maximum Gasteiger partial charge on any atom is 0.122 e. The molecule has 3 nitrogen and oxygen atoms in total. The number of hydrogen-bond acceptors (Lipinski definition) is 3. The van der Waals surface area contributed by atoms with Crippen molar-refractivity contribution in [3.63, 3.8) is 0 Å². The lowest BCUT2D eigenvalue weighted by atomic mass is 9.70. The van der Waals surface area contributed by atoms with Crippen LogP contribution < -0.4 is 9.47 Å². The minimum Gasteiger partial charge on any atom is -0.497 e. The highest BCUT2D eigenvalue weighted by Gasteiger charge is 2.37. The maximum atomic E-state index is 10.5. The van der Waals surface area contributed by atoms with Crippen LogP contribution >= 0.6 is 0 Å². The third kappa shape index (κ3) is 3.41. The summed E-state index contributed by atoms with van der Waals surface area (Å²) >= 11 is 0. The highest BCUT2D eigenvalue weighted by molar-refractivity contribution is 5.45. The van der Waals surface area contributed by atoms with Crippen molar-refractivity contribution in [1.29, 1.82) is 0 Å². The molecule has 0 spiro atoms. The van der Waals surface area contributed by atoms with Crippen molar-refractivity contribution in [1.82, 2.24) is 0 Å². The maximum absolute atomic E-state index is 10.5. The number of methoxy groups -OCH3 is 2. The van der Waals surface area contributed by atoms with E-state index in [0.29, 0.717) is 0 Å². The van der Waals surface area contributed by atoms with Crippen LogP contribution in [-0.2, 0) is 0 Å². The Bertz CT molecular complexity index is 526. The lowest BCUT2D eigenvalue weighted by molar-refractivity contribution is 0.00440. The summed E-state index contributed by atoms with van der Waals surface area (Å²) in [4.78, 5) is 0. The van der Waals surface area contributed by atoms with E-state index in [1.54, 1.807) is 14.2 Å². The van der Waals surface area contributed by atoms with Gasteiger partial charge >= 0.3 is 0 Å². The monoisotopic (exact) mass is 290 g/mol. The number of rotatable bonds is 4. The van der Waals surface area contributed by atoms with E-state index in [0.717, 1.165) is 29.9 Å². The van der Waals surface area contributed by atoms with Gasteiger partial charge in [0.2, 0.25) is 0 Å². The van der Waals surface area contributed by atoms with Gasteiger partial charge in [0.15, 0.2) is 0 Å². The van der Waals surface area contributed by atoms with Gasteiger partial charge in [0.1, 0.15) is 11.5 Å². The highest BCUT2D eigenvalue weighted by Crippen LogP contribution is 2.45. The lowest BCUT2D eigenvalue weighted by Crippen LogP contribution is -2.36. The van der Waals surface area contributed by atoms with Crippen LogP contribution in [0.4, 0.5) is 0 Å². The smallest absolute Gasteiger partial charge is 0.122 e. The zero-order chi connectivity index (χ0) is 15.6. The fourth-order valence-electron chi connectivity index (χ4n) is 3.27. The predicted molar refractivity (Wildman–Crippen MR) is 85.1 cm³/mol. The Morgan fingerprint density at radius 1 is 1.19 bits per heavy atom. The van der Waals surface area contributed by atoms with Gasteiger partial charge in [-0.2, -0.15) is 0 Å². The SMILES string of the molecule is COc1ccc(OC)c([C@H]2C=C(C)CC[C@H]2C(C)(C)O)c1. The Morgan fingerprint density at radius 3 is 2.48 bits per heavy atom. The Labute approximate surface area is 127 Å². The summed E-state index contributed by atoms with van der Waals surface area (Å²) in [6.07, 6.45) is 4.29. The van der Waals surface area contributed by atoms with Crippen LogP contribution in [0.1, 0.15) is 45.1 Å².